The number of hydrogen-bond acceptors (Lipinski definition) is 2. The minimum absolute atomic E-state index is 0.912. The largest absolute Gasteiger partial charge is 0.280 e. The van der Waals surface area contributed by atoms with E-state index in [4.69, 9.17) is 0 Å². The third-order valence-electron chi connectivity index (χ3n) is 2.36. The molecular weight excluding hydrogens is 162 g/mol. The van der Waals surface area contributed by atoms with Crippen molar-refractivity contribution in [2.75, 3.05) is 0 Å². The molecule has 0 aromatic carbocycles. The Morgan fingerprint density at radius 3 is 2.85 bits per heavy atom. The Balaban J connectivity index is 2.37. The van der Waals surface area contributed by atoms with Crippen LogP contribution in [0.4, 0.5) is 5.82 Å². The monoisotopic (exact) mass is 177 g/mol. The van der Waals surface area contributed by atoms with Gasteiger partial charge in [-0.1, -0.05) is 0 Å². The van der Waals surface area contributed by atoms with Gasteiger partial charge in [-0.25, -0.2) is 4.99 Å². The lowest BCUT2D eigenvalue weighted by Crippen LogP contribution is -2.00. The third kappa shape index (κ3) is 1.64. The fourth-order valence-corrected chi connectivity index (χ4v) is 1.77. The SMILES string of the molecule is CC(C)=Nc1n[nH]c2c1CCCC2. The van der Waals surface area contributed by atoms with Crippen molar-refractivity contribution in [3.8, 4) is 0 Å². The average molecular weight is 177 g/mol. The third-order valence-corrected chi connectivity index (χ3v) is 2.36. The number of rotatable bonds is 1. The van der Waals surface area contributed by atoms with Crippen molar-refractivity contribution in [3.63, 3.8) is 0 Å². The molecule has 0 spiro atoms. The molecule has 1 N–H and O–H groups in total. The molecule has 1 aromatic heterocycles. The van der Waals surface area contributed by atoms with Gasteiger partial charge >= 0.3 is 0 Å². The Labute approximate surface area is 78.3 Å². The molecule has 0 unspecified atom stereocenters. The van der Waals surface area contributed by atoms with Crippen LogP contribution in [0.15, 0.2) is 4.99 Å². The van der Waals surface area contributed by atoms with Gasteiger partial charge in [-0.05, 0) is 39.5 Å². The van der Waals surface area contributed by atoms with Gasteiger partial charge < -0.3 is 0 Å². The Morgan fingerprint density at radius 1 is 1.31 bits per heavy atom. The van der Waals surface area contributed by atoms with E-state index in [1.807, 2.05) is 13.8 Å². The highest BCUT2D eigenvalue weighted by atomic mass is 15.2. The van der Waals surface area contributed by atoms with Crippen LogP contribution in [0, 0.1) is 0 Å². The van der Waals surface area contributed by atoms with E-state index in [2.05, 4.69) is 15.2 Å². The topological polar surface area (TPSA) is 41.0 Å². The molecule has 3 heteroatoms. The van der Waals surface area contributed by atoms with Crippen molar-refractivity contribution in [1.29, 1.82) is 0 Å². The first kappa shape index (κ1) is 8.48. The van der Waals surface area contributed by atoms with Crippen LogP contribution in [-0.2, 0) is 12.8 Å². The van der Waals surface area contributed by atoms with Crippen LogP contribution in [0.5, 0.6) is 0 Å². The smallest absolute Gasteiger partial charge is 0.176 e. The highest BCUT2D eigenvalue weighted by Crippen LogP contribution is 2.27. The highest BCUT2D eigenvalue weighted by molar-refractivity contribution is 5.82. The van der Waals surface area contributed by atoms with E-state index in [0.717, 1.165) is 24.4 Å². The molecule has 1 aliphatic carbocycles. The van der Waals surface area contributed by atoms with E-state index >= 15 is 0 Å². The van der Waals surface area contributed by atoms with Crippen LogP contribution >= 0.6 is 0 Å². The molecule has 2 rings (SSSR count). The number of nitrogens with one attached hydrogen (secondary N) is 1. The van der Waals surface area contributed by atoms with Crippen molar-refractivity contribution < 1.29 is 0 Å². The fraction of sp³-hybridized carbons (Fsp3) is 0.600. The van der Waals surface area contributed by atoms with E-state index in [-0.39, 0.29) is 0 Å². The lowest BCUT2D eigenvalue weighted by molar-refractivity contribution is 0.675. The van der Waals surface area contributed by atoms with Crippen LogP contribution in [-0.4, -0.2) is 15.9 Å². The molecule has 1 aliphatic rings. The van der Waals surface area contributed by atoms with E-state index in [1.54, 1.807) is 0 Å². The maximum Gasteiger partial charge on any atom is 0.176 e. The molecule has 70 valence electrons. The summed E-state index contributed by atoms with van der Waals surface area (Å²) in [6.45, 7) is 4.01. The van der Waals surface area contributed by atoms with E-state index in [1.165, 1.54) is 24.1 Å². The molecule has 3 nitrogen and oxygen atoms in total. The molecule has 0 bridgehead atoms. The number of hydrogen-bond donors (Lipinski definition) is 1. The van der Waals surface area contributed by atoms with Crippen LogP contribution in [0.2, 0.25) is 0 Å². The second kappa shape index (κ2) is 3.32. The summed E-state index contributed by atoms with van der Waals surface area (Å²) in [7, 11) is 0. The van der Waals surface area contributed by atoms with Crippen molar-refractivity contribution in [3.05, 3.63) is 11.3 Å². The second-order valence-electron chi connectivity index (χ2n) is 3.77. The van der Waals surface area contributed by atoms with Crippen LogP contribution < -0.4 is 0 Å². The molecule has 0 atom stereocenters. The van der Waals surface area contributed by atoms with Crippen molar-refractivity contribution in [2.45, 2.75) is 39.5 Å². The Hall–Kier alpha value is -1.12. The minimum atomic E-state index is 0.912. The standard InChI is InChI=1S/C10H15N3/c1-7(2)11-10-8-5-3-4-6-9(8)12-13-10/h3-6H2,1-2H3,(H,12,13). The lowest BCUT2D eigenvalue weighted by Gasteiger charge is -2.09. The maximum absolute atomic E-state index is 4.41. The molecule has 0 aliphatic heterocycles. The fourth-order valence-electron chi connectivity index (χ4n) is 1.77. The van der Waals surface area contributed by atoms with Crippen LogP contribution in [0.1, 0.15) is 37.9 Å². The zero-order valence-electron chi connectivity index (χ0n) is 8.22. The molecule has 0 fully saturated rings. The summed E-state index contributed by atoms with van der Waals surface area (Å²) in [5, 5.41) is 7.30. The van der Waals surface area contributed by atoms with Gasteiger partial charge in [-0.15, -0.1) is 0 Å². The summed E-state index contributed by atoms with van der Waals surface area (Å²) >= 11 is 0. The summed E-state index contributed by atoms with van der Waals surface area (Å²) in [6.07, 6.45) is 4.83. The number of aryl methyl sites for hydroxylation is 1. The highest BCUT2D eigenvalue weighted by Gasteiger charge is 2.15. The Kier molecular flexibility index (Phi) is 2.17. The van der Waals surface area contributed by atoms with E-state index < -0.39 is 0 Å². The number of aliphatic imine (C=N–C) groups is 1. The molecule has 0 saturated heterocycles. The first-order valence-corrected chi connectivity index (χ1v) is 4.85. The van der Waals surface area contributed by atoms with Crippen molar-refractivity contribution >= 4 is 11.5 Å². The first-order valence-electron chi connectivity index (χ1n) is 4.85. The zero-order valence-corrected chi connectivity index (χ0v) is 8.22. The van der Waals surface area contributed by atoms with Gasteiger partial charge in [0, 0.05) is 17.0 Å². The molecule has 13 heavy (non-hydrogen) atoms. The van der Waals surface area contributed by atoms with Gasteiger partial charge in [0.1, 0.15) is 0 Å². The second-order valence-corrected chi connectivity index (χ2v) is 3.77. The molecule has 1 heterocycles. The predicted molar refractivity (Wildman–Crippen MR) is 53.7 cm³/mol. The van der Waals surface area contributed by atoms with E-state index in [9.17, 15) is 0 Å². The molecule has 0 radical (unpaired) electrons. The van der Waals surface area contributed by atoms with Gasteiger partial charge in [0.2, 0.25) is 0 Å². The Morgan fingerprint density at radius 2 is 2.08 bits per heavy atom. The van der Waals surface area contributed by atoms with Crippen molar-refractivity contribution in [2.24, 2.45) is 4.99 Å². The zero-order chi connectivity index (χ0) is 9.26. The minimum Gasteiger partial charge on any atom is -0.280 e. The van der Waals surface area contributed by atoms with Gasteiger partial charge in [-0.2, -0.15) is 5.10 Å². The van der Waals surface area contributed by atoms with Crippen LogP contribution in [0.25, 0.3) is 0 Å². The summed E-state index contributed by atoms with van der Waals surface area (Å²) in [5.41, 5.74) is 3.71. The quantitative estimate of drug-likeness (QED) is 0.657. The Bertz CT molecular complexity index is 332. The van der Waals surface area contributed by atoms with Gasteiger partial charge in [0.15, 0.2) is 5.82 Å². The van der Waals surface area contributed by atoms with Gasteiger partial charge in [-0.3, -0.25) is 5.10 Å². The first-order chi connectivity index (χ1) is 6.27. The molecule has 0 amide bonds. The molecule has 1 aromatic rings. The maximum atomic E-state index is 4.41. The van der Waals surface area contributed by atoms with Gasteiger partial charge in [0.05, 0.1) is 0 Å². The number of nitrogens with zero attached hydrogens (tertiary/aromatic N) is 2. The predicted octanol–water partition coefficient (Wildman–Crippen LogP) is 2.40. The van der Waals surface area contributed by atoms with Gasteiger partial charge in [0.25, 0.3) is 0 Å². The number of aromatic amines is 1. The summed E-state index contributed by atoms with van der Waals surface area (Å²) in [5.74, 6) is 0.912. The normalized spacial score (nSPS) is 15.2. The molecular formula is C10H15N3. The average Bonchev–Trinajstić information content (AvgIpc) is 2.48. The number of fused-ring (bicyclic) bond motifs is 1. The lowest BCUT2D eigenvalue weighted by atomic mass is 9.98. The van der Waals surface area contributed by atoms with E-state index in [0.29, 0.717) is 0 Å². The number of aromatic nitrogens is 2. The summed E-state index contributed by atoms with van der Waals surface area (Å²) in [6, 6.07) is 0. The van der Waals surface area contributed by atoms with Crippen molar-refractivity contribution in [1.82, 2.24) is 10.2 Å². The van der Waals surface area contributed by atoms with Crippen LogP contribution in [0.3, 0.4) is 0 Å². The number of H-pyrrole nitrogens is 1. The summed E-state index contributed by atoms with van der Waals surface area (Å²) in [4.78, 5) is 4.41. The summed E-state index contributed by atoms with van der Waals surface area (Å²) < 4.78 is 0. The molecule has 0 saturated carbocycles.